The Morgan fingerprint density at radius 1 is 1.44 bits per heavy atom. The summed E-state index contributed by atoms with van der Waals surface area (Å²) in [7, 11) is 0. The summed E-state index contributed by atoms with van der Waals surface area (Å²) in [4.78, 5) is 14.0. The lowest BCUT2D eigenvalue weighted by atomic mass is 10.1. The number of allylic oxidation sites excluding steroid dienone is 1. The zero-order valence-corrected chi connectivity index (χ0v) is 12.7. The van der Waals surface area contributed by atoms with Gasteiger partial charge in [-0.25, -0.2) is 4.79 Å². The topological polar surface area (TPSA) is 29.5 Å². The van der Waals surface area contributed by atoms with Gasteiger partial charge in [-0.3, -0.25) is 0 Å². The molecular formula is C15H29NO2. The number of ether oxygens (including phenoxy) is 1. The minimum atomic E-state index is -0.431. The average Bonchev–Trinajstić information content (AvgIpc) is 2.24. The molecule has 0 aliphatic heterocycles. The average molecular weight is 255 g/mol. The van der Waals surface area contributed by atoms with E-state index in [1.807, 2.05) is 31.7 Å². The van der Waals surface area contributed by atoms with Gasteiger partial charge in [0.25, 0.3) is 0 Å². The first-order valence-electron chi connectivity index (χ1n) is 6.92. The van der Waals surface area contributed by atoms with Gasteiger partial charge in [0, 0.05) is 12.6 Å². The first-order valence-corrected chi connectivity index (χ1v) is 6.92. The Kier molecular flexibility index (Phi) is 7.72. The van der Waals surface area contributed by atoms with Gasteiger partial charge in [-0.2, -0.15) is 0 Å². The van der Waals surface area contributed by atoms with E-state index in [0.29, 0.717) is 0 Å². The maximum atomic E-state index is 12.1. The Labute approximate surface area is 112 Å². The van der Waals surface area contributed by atoms with Gasteiger partial charge in [-0.15, -0.1) is 6.58 Å². The van der Waals surface area contributed by atoms with E-state index in [2.05, 4.69) is 20.4 Å². The van der Waals surface area contributed by atoms with Crippen LogP contribution in [0.3, 0.4) is 0 Å². The molecule has 0 spiro atoms. The van der Waals surface area contributed by atoms with Gasteiger partial charge in [0.05, 0.1) is 0 Å². The van der Waals surface area contributed by atoms with E-state index in [9.17, 15) is 4.79 Å². The molecule has 1 atom stereocenters. The zero-order chi connectivity index (χ0) is 14.2. The number of hydrogen-bond donors (Lipinski definition) is 0. The number of rotatable bonds is 7. The molecule has 18 heavy (non-hydrogen) atoms. The maximum absolute atomic E-state index is 12.1. The van der Waals surface area contributed by atoms with Gasteiger partial charge in [-0.05, 0) is 47.0 Å². The van der Waals surface area contributed by atoms with Crippen LogP contribution in [0.25, 0.3) is 0 Å². The van der Waals surface area contributed by atoms with Gasteiger partial charge in [0.2, 0.25) is 0 Å². The Hall–Kier alpha value is -0.990. The summed E-state index contributed by atoms with van der Waals surface area (Å²) in [5.41, 5.74) is -0.431. The summed E-state index contributed by atoms with van der Waals surface area (Å²) in [5, 5.41) is 0. The number of unbranched alkanes of at least 4 members (excludes halogenated alkanes) is 1. The van der Waals surface area contributed by atoms with Crippen molar-refractivity contribution < 1.29 is 9.53 Å². The van der Waals surface area contributed by atoms with Gasteiger partial charge >= 0.3 is 6.09 Å². The quantitative estimate of drug-likeness (QED) is 0.632. The molecule has 0 radical (unpaired) electrons. The molecule has 0 saturated carbocycles. The van der Waals surface area contributed by atoms with Crippen molar-refractivity contribution in [2.45, 2.75) is 71.9 Å². The molecule has 3 heteroatoms. The van der Waals surface area contributed by atoms with E-state index in [1.165, 1.54) is 0 Å². The standard InChI is InChI=1S/C15H29NO2/c1-7-9-11-13(3)16(12-10-8-2)14(17)18-15(4,5)6/h7,13H,1,8-12H2,2-6H3. The molecule has 0 aliphatic carbocycles. The molecule has 3 nitrogen and oxygen atoms in total. The monoisotopic (exact) mass is 255 g/mol. The van der Waals surface area contributed by atoms with Crippen molar-refractivity contribution in [3.05, 3.63) is 12.7 Å². The van der Waals surface area contributed by atoms with Crippen LogP contribution in [0.1, 0.15) is 60.3 Å². The van der Waals surface area contributed by atoms with E-state index in [4.69, 9.17) is 4.74 Å². The highest BCUT2D eigenvalue weighted by molar-refractivity contribution is 5.68. The second-order valence-electron chi connectivity index (χ2n) is 5.74. The predicted molar refractivity (Wildman–Crippen MR) is 76.7 cm³/mol. The maximum Gasteiger partial charge on any atom is 0.410 e. The van der Waals surface area contributed by atoms with Crippen molar-refractivity contribution in [2.24, 2.45) is 0 Å². The molecule has 106 valence electrons. The fourth-order valence-corrected chi connectivity index (χ4v) is 1.66. The van der Waals surface area contributed by atoms with Crippen LogP contribution in [-0.2, 0) is 4.74 Å². The highest BCUT2D eigenvalue weighted by atomic mass is 16.6. The molecule has 0 aliphatic rings. The molecule has 0 aromatic heterocycles. The van der Waals surface area contributed by atoms with Crippen LogP contribution in [0.5, 0.6) is 0 Å². The molecule has 1 unspecified atom stereocenters. The highest BCUT2D eigenvalue weighted by Gasteiger charge is 2.25. The minimum absolute atomic E-state index is 0.199. The van der Waals surface area contributed by atoms with Crippen molar-refractivity contribution in [1.29, 1.82) is 0 Å². The Balaban J connectivity index is 4.54. The number of nitrogens with zero attached hydrogens (tertiary/aromatic N) is 1. The lowest BCUT2D eigenvalue weighted by molar-refractivity contribution is 0.0166. The Bertz CT molecular complexity index is 256. The second kappa shape index (κ2) is 8.17. The highest BCUT2D eigenvalue weighted by Crippen LogP contribution is 2.15. The van der Waals surface area contributed by atoms with Crippen molar-refractivity contribution in [1.82, 2.24) is 4.90 Å². The number of carbonyl (C=O) groups excluding carboxylic acids is 1. The number of carbonyl (C=O) groups is 1. The SMILES string of the molecule is C=CCCC(C)N(CCCC)C(=O)OC(C)(C)C. The molecule has 0 heterocycles. The van der Waals surface area contributed by atoms with Gasteiger partial charge in [-0.1, -0.05) is 19.4 Å². The van der Waals surface area contributed by atoms with Gasteiger partial charge < -0.3 is 9.64 Å². The normalized spacial score (nSPS) is 12.9. The smallest absolute Gasteiger partial charge is 0.410 e. The van der Waals surface area contributed by atoms with Crippen LogP contribution in [0.15, 0.2) is 12.7 Å². The van der Waals surface area contributed by atoms with E-state index in [1.54, 1.807) is 0 Å². The first-order chi connectivity index (χ1) is 8.31. The van der Waals surface area contributed by atoms with Crippen molar-refractivity contribution in [2.75, 3.05) is 6.54 Å². The Morgan fingerprint density at radius 3 is 2.50 bits per heavy atom. The summed E-state index contributed by atoms with van der Waals surface area (Å²) in [6, 6.07) is 0.199. The molecule has 0 aromatic carbocycles. The second-order valence-corrected chi connectivity index (χ2v) is 5.74. The fourth-order valence-electron chi connectivity index (χ4n) is 1.66. The van der Waals surface area contributed by atoms with Crippen LogP contribution in [0, 0.1) is 0 Å². The molecule has 0 fully saturated rings. The van der Waals surface area contributed by atoms with Crippen molar-refractivity contribution >= 4 is 6.09 Å². The molecule has 0 saturated heterocycles. The fraction of sp³-hybridized carbons (Fsp3) is 0.800. The van der Waals surface area contributed by atoms with Crippen LogP contribution >= 0.6 is 0 Å². The lowest BCUT2D eigenvalue weighted by Gasteiger charge is -2.31. The van der Waals surface area contributed by atoms with E-state index < -0.39 is 5.60 Å². The van der Waals surface area contributed by atoms with Crippen molar-refractivity contribution in [3.8, 4) is 0 Å². The Morgan fingerprint density at radius 2 is 2.06 bits per heavy atom. The first kappa shape index (κ1) is 17.0. The van der Waals surface area contributed by atoms with E-state index in [0.717, 1.165) is 32.2 Å². The molecule has 0 rings (SSSR count). The third kappa shape index (κ3) is 7.36. The van der Waals surface area contributed by atoms with Crippen molar-refractivity contribution in [3.63, 3.8) is 0 Å². The molecule has 0 bridgehead atoms. The van der Waals surface area contributed by atoms with Crippen LogP contribution in [-0.4, -0.2) is 29.2 Å². The third-order valence-corrected chi connectivity index (χ3v) is 2.70. The van der Waals surface area contributed by atoms with Gasteiger partial charge in [0.15, 0.2) is 0 Å². The van der Waals surface area contributed by atoms with Crippen LogP contribution in [0.4, 0.5) is 4.79 Å². The number of hydrogen-bond acceptors (Lipinski definition) is 2. The largest absolute Gasteiger partial charge is 0.444 e. The van der Waals surface area contributed by atoms with E-state index in [-0.39, 0.29) is 12.1 Å². The zero-order valence-electron chi connectivity index (χ0n) is 12.7. The van der Waals surface area contributed by atoms with E-state index >= 15 is 0 Å². The van der Waals surface area contributed by atoms with Crippen LogP contribution < -0.4 is 0 Å². The predicted octanol–water partition coefficient (Wildman–Crippen LogP) is 4.38. The molecular weight excluding hydrogens is 226 g/mol. The summed E-state index contributed by atoms with van der Waals surface area (Å²) in [5.74, 6) is 0. The van der Waals surface area contributed by atoms with Gasteiger partial charge in [0.1, 0.15) is 5.60 Å². The summed E-state index contributed by atoms with van der Waals surface area (Å²) in [6.07, 6.45) is 5.64. The van der Waals surface area contributed by atoms with Crippen LogP contribution in [0.2, 0.25) is 0 Å². The lowest BCUT2D eigenvalue weighted by Crippen LogP contribution is -2.42. The third-order valence-electron chi connectivity index (χ3n) is 2.70. The molecule has 0 aromatic rings. The molecule has 0 N–H and O–H groups in total. The minimum Gasteiger partial charge on any atom is -0.444 e. The molecule has 1 amide bonds. The summed E-state index contributed by atoms with van der Waals surface area (Å²) < 4.78 is 5.46. The summed E-state index contributed by atoms with van der Waals surface area (Å²) in [6.45, 7) is 14.4. The summed E-state index contributed by atoms with van der Waals surface area (Å²) >= 11 is 0. The number of amides is 1.